The van der Waals surface area contributed by atoms with E-state index in [1.807, 2.05) is 18.4 Å². The van der Waals surface area contributed by atoms with Gasteiger partial charge in [-0.05, 0) is 36.1 Å². The van der Waals surface area contributed by atoms with E-state index in [4.69, 9.17) is 0 Å². The molecule has 1 N–H and O–H groups in total. The van der Waals surface area contributed by atoms with Crippen LogP contribution in [-0.4, -0.2) is 37.5 Å². The number of piperidine rings is 1. The van der Waals surface area contributed by atoms with Crippen LogP contribution >= 0.6 is 35.3 Å². The number of rotatable bonds is 3. The number of hydrogen-bond acceptors (Lipinski definition) is 2. The minimum atomic E-state index is 0. The molecule has 1 aromatic rings. The van der Waals surface area contributed by atoms with Crippen molar-refractivity contribution in [3.8, 4) is 0 Å². The lowest BCUT2D eigenvalue weighted by Gasteiger charge is -2.37. The first kappa shape index (κ1) is 17.8. The average molecular weight is 407 g/mol. The van der Waals surface area contributed by atoms with E-state index in [9.17, 15) is 0 Å². The first-order valence-electron chi connectivity index (χ1n) is 7.17. The Hall–Kier alpha value is -0.300. The van der Waals surface area contributed by atoms with Gasteiger partial charge >= 0.3 is 0 Å². The van der Waals surface area contributed by atoms with E-state index in [2.05, 4.69) is 46.6 Å². The van der Waals surface area contributed by atoms with Crippen LogP contribution in [0.5, 0.6) is 0 Å². The third-order valence-corrected chi connectivity index (χ3v) is 4.55. The summed E-state index contributed by atoms with van der Waals surface area (Å²) in [5.74, 6) is 2.59. The summed E-state index contributed by atoms with van der Waals surface area (Å²) in [5, 5.41) is 5.64. The quantitative estimate of drug-likeness (QED) is 0.472. The van der Waals surface area contributed by atoms with Crippen LogP contribution in [0.1, 0.15) is 25.1 Å². The Morgan fingerprint density at radius 1 is 1.40 bits per heavy atom. The Labute approximate surface area is 143 Å². The highest BCUT2D eigenvalue weighted by Gasteiger charge is 2.23. The molecule has 1 aliphatic heterocycles. The van der Waals surface area contributed by atoms with Gasteiger partial charge in [0.05, 0.1) is 0 Å². The Morgan fingerprint density at radius 2 is 2.10 bits per heavy atom. The molecule has 0 aromatic carbocycles. The molecule has 2 heterocycles. The number of nitrogens with one attached hydrogen (secondary N) is 1. The van der Waals surface area contributed by atoms with Crippen LogP contribution < -0.4 is 5.32 Å². The SMILES string of the molecule is CN=C(NCCc1cccs1)N1CC(C)CC(C)C1.I. The third kappa shape index (κ3) is 5.24. The van der Waals surface area contributed by atoms with E-state index in [1.165, 1.54) is 11.3 Å². The van der Waals surface area contributed by atoms with E-state index in [0.717, 1.165) is 43.9 Å². The first-order chi connectivity index (χ1) is 9.19. The molecule has 0 saturated carbocycles. The van der Waals surface area contributed by atoms with Gasteiger partial charge in [0.1, 0.15) is 0 Å². The summed E-state index contributed by atoms with van der Waals surface area (Å²) in [7, 11) is 1.89. The van der Waals surface area contributed by atoms with Crippen LogP contribution in [0, 0.1) is 11.8 Å². The molecule has 114 valence electrons. The van der Waals surface area contributed by atoms with Crippen molar-refractivity contribution in [1.29, 1.82) is 0 Å². The van der Waals surface area contributed by atoms with Gasteiger partial charge in [-0.3, -0.25) is 4.99 Å². The zero-order valence-electron chi connectivity index (χ0n) is 12.6. The highest BCUT2D eigenvalue weighted by Crippen LogP contribution is 2.20. The summed E-state index contributed by atoms with van der Waals surface area (Å²) in [5.41, 5.74) is 0. The number of hydrogen-bond donors (Lipinski definition) is 1. The normalized spacial score (nSPS) is 23.4. The summed E-state index contributed by atoms with van der Waals surface area (Å²) in [4.78, 5) is 8.28. The molecule has 3 nitrogen and oxygen atoms in total. The van der Waals surface area contributed by atoms with Crippen LogP contribution in [0.3, 0.4) is 0 Å². The molecule has 2 rings (SSSR count). The number of guanidine groups is 1. The second-order valence-electron chi connectivity index (χ2n) is 5.65. The second-order valence-corrected chi connectivity index (χ2v) is 6.69. The maximum absolute atomic E-state index is 4.43. The van der Waals surface area contributed by atoms with E-state index < -0.39 is 0 Å². The summed E-state index contributed by atoms with van der Waals surface area (Å²) in [6.45, 7) is 7.89. The van der Waals surface area contributed by atoms with Crippen molar-refractivity contribution in [1.82, 2.24) is 10.2 Å². The lowest BCUT2D eigenvalue weighted by molar-refractivity contribution is 0.208. The first-order valence-corrected chi connectivity index (χ1v) is 8.05. The van der Waals surface area contributed by atoms with Crippen molar-refractivity contribution < 1.29 is 0 Å². The molecule has 20 heavy (non-hydrogen) atoms. The van der Waals surface area contributed by atoms with Gasteiger partial charge in [0.25, 0.3) is 0 Å². The topological polar surface area (TPSA) is 27.6 Å². The predicted octanol–water partition coefficient (Wildman–Crippen LogP) is 3.46. The summed E-state index contributed by atoms with van der Waals surface area (Å²) >= 11 is 1.83. The van der Waals surface area contributed by atoms with Crippen LogP contribution in [0.25, 0.3) is 0 Å². The van der Waals surface area contributed by atoms with Crippen molar-refractivity contribution in [3.63, 3.8) is 0 Å². The highest BCUT2D eigenvalue weighted by molar-refractivity contribution is 14.0. The summed E-state index contributed by atoms with van der Waals surface area (Å²) in [6, 6.07) is 4.31. The number of halogens is 1. The molecule has 0 aliphatic carbocycles. The molecule has 1 aliphatic rings. The Bertz CT molecular complexity index is 395. The van der Waals surface area contributed by atoms with Crippen molar-refractivity contribution in [2.75, 3.05) is 26.7 Å². The molecule has 0 spiro atoms. The molecule has 1 saturated heterocycles. The molecule has 0 amide bonds. The van der Waals surface area contributed by atoms with E-state index in [0.29, 0.717) is 0 Å². The lowest BCUT2D eigenvalue weighted by atomic mass is 9.92. The Balaban J connectivity index is 0.00000200. The smallest absolute Gasteiger partial charge is 0.193 e. The third-order valence-electron chi connectivity index (χ3n) is 3.61. The van der Waals surface area contributed by atoms with Gasteiger partial charge in [-0.25, -0.2) is 0 Å². The molecule has 1 fully saturated rings. The van der Waals surface area contributed by atoms with Crippen LogP contribution in [0.15, 0.2) is 22.5 Å². The van der Waals surface area contributed by atoms with Gasteiger partial charge in [0.15, 0.2) is 5.96 Å². The molecule has 5 heteroatoms. The highest BCUT2D eigenvalue weighted by atomic mass is 127. The zero-order chi connectivity index (χ0) is 13.7. The Morgan fingerprint density at radius 3 is 2.65 bits per heavy atom. The summed E-state index contributed by atoms with van der Waals surface area (Å²) < 4.78 is 0. The Kier molecular flexibility index (Phi) is 7.87. The van der Waals surface area contributed by atoms with Gasteiger partial charge < -0.3 is 10.2 Å². The molecule has 0 radical (unpaired) electrons. The lowest BCUT2D eigenvalue weighted by Crippen LogP contribution is -2.48. The fourth-order valence-corrected chi connectivity index (χ4v) is 3.63. The zero-order valence-corrected chi connectivity index (χ0v) is 15.8. The minimum absolute atomic E-state index is 0. The largest absolute Gasteiger partial charge is 0.356 e. The fraction of sp³-hybridized carbons (Fsp3) is 0.667. The van der Waals surface area contributed by atoms with E-state index in [-0.39, 0.29) is 24.0 Å². The van der Waals surface area contributed by atoms with Gasteiger partial charge in [0, 0.05) is 31.6 Å². The van der Waals surface area contributed by atoms with Crippen LogP contribution in [0.2, 0.25) is 0 Å². The summed E-state index contributed by atoms with van der Waals surface area (Å²) in [6.07, 6.45) is 2.42. The second kappa shape index (κ2) is 8.87. The maximum Gasteiger partial charge on any atom is 0.193 e. The van der Waals surface area contributed by atoms with Crippen molar-refractivity contribution in [3.05, 3.63) is 22.4 Å². The number of aliphatic imine (C=N–C) groups is 1. The minimum Gasteiger partial charge on any atom is -0.356 e. The molecule has 1 aromatic heterocycles. The molecular weight excluding hydrogens is 381 g/mol. The standard InChI is InChI=1S/C15H25N3S.HI/c1-12-9-13(2)11-18(10-12)15(16-3)17-7-6-14-5-4-8-19-14;/h4-5,8,12-13H,6-7,9-11H2,1-3H3,(H,16,17);1H. The molecular formula is C15H26IN3S. The average Bonchev–Trinajstić information content (AvgIpc) is 2.86. The van der Waals surface area contributed by atoms with Crippen LogP contribution in [0.4, 0.5) is 0 Å². The number of likely N-dealkylation sites (tertiary alicyclic amines) is 1. The number of thiophene rings is 1. The predicted molar refractivity (Wildman–Crippen MR) is 99.3 cm³/mol. The van der Waals surface area contributed by atoms with Crippen molar-refractivity contribution >= 4 is 41.3 Å². The van der Waals surface area contributed by atoms with E-state index in [1.54, 1.807) is 0 Å². The van der Waals surface area contributed by atoms with Crippen LogP contribution in [-0.2, 0) is 6.42 Å². The van der Waals surface area contributed by atoms with Gasteiger partial charge in [-0.2, -0.15) is 0 Å². The monoisotopic (exact) mass is 407 g/mol. The van der Waals surface area contributed by atoms with Crippen molar-refractivity contribution in [2.24, 2.45) is 16.8 Å². The molecule has 2 atom stereocenters. The molecule has 2 unspecified atom stereocenters. The maximum atomic E-state index is 4.43. The van der Waals surface area contributed by atoms with Gasteiger partial charge in [-0.15, -0.1) is 35.3 Å². The van der Waals surface area contributed by atoms with Gasteiger partial charge in [0.2, 0.25) is 0 Å². The fourth-order valence-electron chi connectivity index (χ4n) is 2.92. The molecule has 0 bridgehead atoms. The van der Waals surface area contributed by atoms with Crippen molar-refractivity contribution in [2.45, 2.75) is 26.7 Å². The number of nitrogens with zero attached hydrogens (tertiary/aromatic N) is 2. The van der Waals surface area contributed by atoms with Gasteiger partial charge in [-0.1, -0.05) is 19.9 Å². The van der Waals surface area contributed by atoms with E-state index >= 15 is 0 Å².